The average molecular weight is 624 g/mol. The highest BCUT2D eigenvalue weighted by Gasteiger charge is 2.40. The molecule has 2 aromatic carbocycles. The fourth-order valence-electron chi connectivity index (χ4n) is 3.85. The molecular formula is C28H38N3O9PS. The Bertz CT molecular complexity index is 1540. The molecule has 3 rings (SSSR count). The van der Waals surface area contributed by atoms with Crippen LogP contribution in [0.2, 0.25) is 0 Å². The molecule has 230 valence electrons. The van der Waals surface area contributed by atoms with Crippen molar-refractivity contribution in [3.63, 3.8) is 0 Å². The van der Waals surface area contributed by atoms with Crippen molar-refractivity contribution >= 4 is 36.7 Å². The summed E-state index contributed by atoms with van der Waals surface area (Å²) in [4.78, 5) is 26.4. The number of rotatable bonds is 13. The van der Waals surface area contributed by atoms with Gasteiger partial charge in [0.2, 0.25) is 0 Å². The monoisotopic (exact) mass is 623 g/mol. The lowest BCUT2D eigenvalue weighted by atomic mass is 9.94. The Kier molecular flexibility index (Phi) is 10.9. The van der Waals surface area contributed by atoms with Crippen LogP contribution in [0.1, 0.15) is 47.3 Å². The third-order valence-corrected chi connectivity index (χ3v) is 8.26. The summed E-state index contributed by atoms with van der Waals surface area (Å²) in [6, 6.07) is 12.4. The van der Waals surface area contributed by atoms with Gasteiger partial charge in [-0.05, 0) is 42.9 Å². The third-order valence-electron chi connectivity index (χ3n) is 6.29. The van der Waals surface area contributed by atoms with Crippen LogP contribution >= 0.6 is 20.0 Å². The highest BCUT2D eigenvalue weighted by atomic mass is 32.1. The van der Waals surface area contributed by atoms with E-state index in [2.05, 4.69) is 10.1 Å². The van der Waals surface area contributed by atoms with Gasteiger partial charge in [0.25, 0.3) is 5.56 Å². The summed E-state index contributed by atoms with van der Waals surface area (Å²) in [6.45, 7) is 8.05. The van der Waals surface area contributed by atoms with Crippen LogP contribution in [-0.4, -0.2) is 61.8 Å². The summed E-state index contributed by atoms with van der Waals surface area (Å²) < 4.78 is 31.7. The number of aromatic amines is 1. The Morgan fingerprint density at radius 3 is 2.45 bits per heavy atom. The number of aliphatic hydroxyl groups excluding tert-OH is 2. The van der Waals surface area contributed by atoms with Crippen LogP contribution in [0.3, 0.4) is 0 Å². The molecule has 5 N–H and O–H groups in total. The number of hydrogen-bond acceptors (Lipinski definition) is 10. The Morgan fingerprint density at radius 2 is 1.79 bits per heavy atom. The van der Waals surface area contributed by atoms with E-state index >= 15 is 0 Å². The SMILES string of the molecule is C[C@H](N[P@@](=O)(OCCC(O)[C@@](C)(O)[C@@H](O)n1ccc(=O)[nH]c1=S)Oc1cccc2ccccc12)C(=O)OCC(C)(C)C. The van der Waals surface area contributed by atoms with Gasteiger partial charge in [-0.25, -0.2) is 4.57 Å². The minimum absolute atomic E-state index is 0.135. The van der Waals surface area contributed by atoms with Gasteiger partial charge in [0.15, 0.2) is 11.0 Å². The Labute approximate surface area is 248 Å². The molecule has 5 atom stereocenters. The fraction of sp³-hybridized carbons (Fsp3) is 0.464. The van der Waals surface area contributed by atoms with Crippen molar-refractivity contribution in [2.75, 3.05) is 13.2 Å². The van der Waals surface area contributed by atoms with Crippen molar-refractivity contribution in [3.05, 3.63) is 69.9 Å². The smallest absolute Gasteiger partial charge is 0.459 e. The first-order valence-corrected chi connectivity index (χ1v) is 15.2. The molecule has 0 saturated carbocycles. The third kappa shape index (κ3) is 8.81. The molecule has 0 aliphatic rings. The normalized spacial score (nSPS) is 17.0. The Hall–Kier alpha value is -2.90. The van der Waals surface area contributed by atoms with Crippen LogP contribution in [0.25, 0.3) is 10.8 Å². The van der Waals surface area contributed by atoms with E-state index in [-0.39, 0.29) is 29.0 Å². The molecule has 0 aliphatic heterocycles. The number of esters is 1. The molecule has 12 nitrogen and oxygen atoms in total. The second-order valence-corrected chi connectivity index (χ2v) is 13.4. The molecule has 14 heteroatoms. The fourth-order valence-corrected chi connectivity index (χ4v) is 5.63. The topological polar surface area (TPSA) is 172 Å². The van der Waals surface area contributed by atoms with E-state index in [0.29, 0.717) is 5.39 Å². The van der Waals surface area contributed by atoms with E-state index < -0.39 is 49.9 Å². The molecule has 1 aromatic heterocycles. The van der Waals surface area contributed by atoms with Gasteiger partial charge in [-0.2, -0.15) is 5.09 Å². The van der Waals surface area contributed by atoms with Crippen LogP contribution in [0.15, 0.2) is 59.5 Å². The molecule has 42 heavy (non-hydrogen) atoms. The predicted molar refractivity (Wildman–Crippen MR) is 160 cm³/mol. The number of nitrogens with one attached hydrogen (secondary N) is 2. The molecule has 3 aromatic rings. The summed E-state index contributed by atoms with van der Waals surface area (Å²) in [7, 11) is -4.29. The minimum Gasteiger partial charge on any atom is -0.464 e. The van der Waals surface area contributed by atoms with Crippen molar-refractivity contribution in [1.82, 2.24) is 14.6 Å². The molecule has 1 unspecified atom stereocenters. The molecule has 1 heterocycles. The number of aromatic nitrogens is 2. The van der Waals surface area contributed by atoms with Gasteiger partial charge in [0.05, 0.1) is 19.3 Å². The number of benzene rings is 2. The maximum atomic E-state index is 14.0. The van der Waals surface area contributed by atoms with Gasteiger partial charge in [0.1, 0.15) is 17.4 Å². The van der Waals surface area contributed by atoms with Gasteiger partial charge in [0, 0.05) is 24.1 Å². The Balaban J connectivity index is 1.78. The molecule has 0 fully saturated rings. The largest absolute Gasteiger partial charge is 0.464 e. The van der Waals surface area contributed by atoms with Crippen LogP contribution in [-0.2, 0) is 18.6 Å². The first-order valence-electron chi connectivity index (χ1n) is 13.3. The van der Waals surface area contributed by atoms with Gasteiger partial charge in [-0.15, -0.1) is 0 Å². The van der Waals surface area contributed by atoms with Crippen molar-refractivity contribution in [2.24, 2.45) is 5.41 Å². The van der Waals surface area contributed by atoms with Crippen LogP contribution in [0.4, 0.5) is 0 Å². The van der Waals surface area contributed by atoms with Crippen molar-refractivity contribution in [1.29, 1.82) is 0 Å². The zero-order valence-electron chi connectivity index (χ0n) is 24.1. The summed E-state index contributed by atoms with van der Waals surface area (Å²) >= 11 is 5.03. The number of carbonyl (C=O) groups excluding carboxylic acids is 1. The zero-order valence-corrected chi connectivity index (χ0v) is 25.9. The minimum atomic E-state index is -4.29. The van der Waals surface area contributed by atoms with E-state index in [1.54, 1.807) is 24.3 Å². The van der Waals surface area contributed by atoms with Gasteiger partial charge in [-0.3, -0.25) is 23.7 Å². The zero-order chi connectivity index (χ0) is 31.3. The van der Waals surface area contributed by atoms with Crippen LogP contribution in [0.5, 0.6) is 5.75 Å². The molecule has 0 saturated heterocycles. The number of ether oxygens (including phenoxy) is 1. The quantitative estimate of drug-likeness (QED) is 0.106. The number of H-pyrrole nitrogens is 1. The second kappa shape index (κ2) is 13.6. The number of aliphatic hydroxyl groups is 3. The van der Waals surface area contributed by atoms with Crippen molar-refractivity contribution in [3.8, 4) is 5.75 Å². The molecule has 0 radical (unpaired) electrons. The van der Waals surface area contributed by atoms with Gasteiger partial charge in [-0.1, -0.05) is 57.2 Å². The molecule has 0 aliphatic carbocycles. The second-order valence-electron chi connectivity index (χ2n) is 11.3. The first kappa shape index (κ1) is 33.6. The molecular weight excluding hydrogens is 585 g/mol. The van der Waals surface area contributed by atoms with E-state index in [1.807, 2.05) is 39.0 Å². The Morgan fingerprint density at radius 1 is 1.12 bits per heavy atom. The standard InChI is InChI=1S/C28H38N3O9PS/c1-18(24(34)38-17-27(2,3)4)30-41(37,40-21-12-8-10-19-9-6-7-11-20(19)21)39-16-14-22(32)28(5,36)25(35)31-15-13-23(33)29-26(31)42/h6-13,15,18,22,25,32,35-36H,14,16-17H2,1-5H3,(H,30,37)(H,29,33,42)/t18-,22?,25+,28+,41+/m0/s1. The van der Waals surface area contributed by atoms with Gasteiger partial charge < -0.3 is 24.6 Å². The maximum absolute atomic E-state index is 14.0. The number of hydrogen-bond donors (Lipinski definition) is 5. The maximum Gasteiger partial charge on any atom is 0.459 e. The van der Waals surface area contributed by atoms with E-state index in [0.717, 1.165) is 16.0 Å². The lowest BCUT2D eigenvalue weighted by Gasteiger charge is -2.34. The molecule has 0 spiro atoms. The van der Waals surface area contributed by atoms with Crippen molar-refractivity contribution < 1.29 is 38.5 Å². The lowest BCUT2D eigenvalue weighted by Crippen LogP contribution is -2.48. The summed E-state index contributed by atoms with van der Waals surface area (Å²) in [5.74, 6) is -0.436. The van der Waals surface area contributed by atoms with E-state index in [1.165, 1.54) is 20.0 Å². The summed E-state index contributed by atoms with van der Waals surface area (Å²) in [5, 5.41) is 36.5. The summed E-state index contributed by atoms with van der Waals surface area (Å²) in [5.41, 5.74) is -2.95. The van der Waals surface area contributed by atoms with E-state index in [9.17, 15) is 29.5 Å². The van der Waals surface area contributed by atoms with E-state index in [4.69, 9.17) is 26.0 Å². The number of carbonyl (C=O) groups is 1. The first-order chi connectivity index (χ1) is 19.5. The molecule has 0 amide bonds. The molecule has 0 bridgehead atoms. The average Bonchev–Trinajstić information content (AvgIpc) is 2.91. The van der Waals surface area contributed by atoms with Crippen molar-refractivity contribution in [2.45, 2.75) is 65.0 Å². The predicted octanol–water partition coefficient (Wildman–Crippen LogP) is 3.82. The van der Waals surface area contributed by atoms with Crippen LogP contribution in [0, 0.1) is 10.2 Å². The lowest BCUT2D eigenvalue weighted by molar-refractivity contribution is -0.167. The number of nitrogens with zero attached hydrogens (tertiary/aromatic N) is 1. The van der Waals surface area contributed by atoms with Crippen LogP contribution < -0.4 is 15.2 Å². The highest BCUT2D eigenvalue weighted by molar-refractivity contribution is 7.71. The number of fused-ring (bicyclic) bond motifs is 1. The summed E-state index contributed by atoms with van der Waals surface area (Å²) in [6.07, 6.45) is -2.48. The highest BCUT2D eigenvalue weighted by Crippen LogP contribution is 2.47. The van der Waals surface area contributed by atoms with Gasteiger partial charge >= 0.3 is 13.7 Å².